The van der Waals surface area contributed by atoms with E-state index in [1.54, 1.807) is 72.8 Å². The van der Waals surface area contributed by atoms with Gasteiger partial charge in [0.2, 0.25) is 11.8 Å². The first-order valence-electron chi connectivity index (χ1n) is 19.2. The van der Waals surface area contributed by atoms with Crippen LogP contribution in [-0.4, -0.2) is 46.6 Å². The van der Waals surface area contributed by atoms with E-state index in [4.69, 9.17) is 4.74 Å². The molecule has 5 aromatic rings. The zero-order valence-electron chi connectivity index (χ0n) is 31.6. The van der Waals surface area contributed by atoms with Crippen LogP contribution in [0.2, 0.25) is 0 Å². The van der Waals surface area contributed by atoms with Crippen LogP contribution >= 0.6 is 15.9 Å². The van der Waals surface area contributed by atoms with E-state index >= 15 is 4.79 Å². The molecule has 2 aliphatic heterocycles. The average molecular weight is 837 g/mol. The van der Waals surface area contributed by atoms with E-state index in [0.717, 1.165) is 16.1 Å². The molecule has 0 spiro atoms. The van der Waals surface area contributed by atoms with Gasteiger partial charge in [0.05, 0.1) is 46.1 Å². The number of carbonyl (C=O) groups is 5. The number of aryl methyl sites for hydroxylation is 1. The van der Waals surface area contributed by atoms with Crippen LogP contribution in [0.3, 0.4) is 0 Å². The van der Waals surface area contributed by atoms with Crippen LogP contribution in [0.1, 0.15) is 51.4 Å². The van der Waals surface area contributed by atoms with Gasteiger partial charge in [0, 0.05) is 17.0 Å². The van der Waals surface area contributed by atoms with Crippen molar-refractivity contribution in [2.24, 2.45) is 23.7 Å². The van der Waals surface area contributed by atoms with Gasteiger partial charge in [-0.25, -0.2) is 0 Å². The predicted molar refractivity (Wildman–Crippen MR) is 220 cm³/mol. The zero-order valence-corrected chi connectivity index (χ0v) is 33.2. The third-order valence-electron chi connectivity index (χ3n) is 12.4. The number of fused-ring (bicyclic) bond motifs is 4. The van der Waals surface area contributed by atoms with Crippen molar-refractivity contribution in [2.45, 2.75) is 31.1 Å². The third-order valence-corrected chi connectivity index (χ3v) is 13.0. The van der Waals surface area contributed by atoms with Gasteiger partial charge in [-0.1, -0.05) is 90.0 Å². The van der Waals surface area contributed by atoms with Crippen molar-refractivity contribution in [3.63, 3.8) is 0 Å². The second-order valence-corrected chi connectivity index (χ2v) is 16.3. The molecule has 2 heterocycles. The summed E-state index contributed by atoms with van der Waals surface area (Å²) >= 11 is 3.50. The number of ketones is 1. The molecule has 1 saturated carbocycles. The normalized spacial score (nSPS) is 24.9. The Labute approximate surface area is 343 Å². The number of carbonyl (C=O) groups excluding carboxylic acids is 5. The number of nitrogens with zero attached hydrogens (tertiary/aromatic N) is 2. The number of methoxy groups -OCH3 is 1. The van der Waals surface area contributed by atoms with Gasteiger partial charge in [0.1, 0.15) is 0 Å². The van der Waals surface area contributed by atoms with Crippen molar-refractivity contribution in [2.75, 3.05) is 17.4 Å². The van der Waals surface area contributed by atoms with Gasteiger partial charge in [-0.3, -0.25) is 34.3 Å². The number of hydrazine groups is 1. The van der Waals surface area contributed by atoms with Gasteiger partial charge >= 0.3 is 0 Å². The number of phenols is 1. The molecule has 9 rings (SSSR count). The Morgan fingerprint density at radius 2 is 1.47 bits per heavy atom. The van der Waals surface area contributed by atoms with Crippen molar-refractivity contribution in [3.8, 4) is 11.5 Å². The first-order chi connectivity index (χ1) is 28.0. The highest BCUT2D eigenvalue weighted by atomic mass is 79.9. The summed E-state index contributed by atoms with van der Waals surface area (Å²) in [6.07, 6.45) is 2.34. The fourth-order valence-electron chi connectivity index (χ4n) is 9.81. The van der Waals surface area contributed by atoms with E-state index in [-0.39, 0.29) is 36.0 Å². The molecule has 58 heavy (non-hydrogen) atoms. The summed E-state index contributed by atoms with van der Waals surface area (Å²) in [6.45, 7) is 1.95. The highest BCUT2D eigenvalue weighted by Gasteiger charge is 2.70. The number of hydrogen-bond acceptors (Lipinski definition) is 8. The quantitative estimate of drug-likeness (QED) is 0.0917. The largest absolute Gasteiger partial charge is 0.503 e. The monoisotopic (exact) mass is 835 g/mol. The lowest BCUT2D eigenvalue weighted by Crippen LogP contribution is -2.53. The molecule has 6 unspecified atom stereocenters. The first-order valence-corrected chi connectivity index (χ1v) is 19.9. The number of halogens is 1. The van der Waals surface area contributed by atoms with Crippen molar-refractivity contribution < 1.29 is 33.8 Å². The average Bonchev–Trinajstić information content (AvgIpc) is 3.63. The molecular weight excluding hydrogens is 798 g/mol. The number of benzene rings is 5. The van der Waals surface area contributed by atoms with Crippen molar-refractivity contribution in [1.29, 1.82) is 0 Å². The number of anilines is 2. The van der Waals surface area contributed by atoms with Crippen LogP contribution in [0, 0.1) is 30.6 Å². The molecule has 6 atom stereocenters. The number of rotatable bonds is 8. The molecule has 4 aliphatic rings. The topological polar surface area (TPSA) is 133 Å². The van der Waals surface area contributed by atoms with Gasteiger partial charge in [-0.05, 0) is 101 Å². The number of aromatic hydroxyl groups is 1. The summed E-state index contributed by atoms with van der Waals surface area (Å²) in [4.78, 5) is 73.9. The molecule has 11 heteroatoms. The molecule has 2 N–H and O–H groups in total. The van der Waals surface area contributed by atoms with E-state index in [1.165, 1.54) is 12.0 Å². The highest BCUT2D eigenvalue weighted by Crippen LogP contribution is 2.64. The van der Waals surface area contributed by atoms with Crippen LogP contribution in [0.25, 0.3) is 0 Å². The number of phenolic OH excluding ortho intramolecular Hbond substituents is 1. The summed E-state index contributed by atoms with van der Waals surface area (Å²) < 4.78 is 5.94. The molecule has 3 fully saturated rings. The lowest BCUT2D eigenvalue weighted by molar-refractivity contribution is -0.138. The van der Waals surface area contributed by atoms with Gasteiger partial charge in [0.15, 0.2) is 17.3 Å². The van der Waals surface area contributed by atoms with Crippen molar-refractivity contribution in [3.05, 3.63) is 165 Å². The summed E-state index contributed by atoms with van der Waals surface area (Å²) in [7, 11) is 1.44. The minimum absolute atomic E-state index is 0.123. The molecule has 290 valence electrons. The Balaban J connectivity index is 1.17. The number of ether oxygens (including phenoxy) is 1. The summed E-state index contributed by atoms with van der Waals surface area (Å²) in [5.74, 6) is -5.67. The Morgan fingerprint density at radius 1 is 0.810 bits per heavy atom. The van der Waals surface area contributed by atoms with E-state index < -0.39 is 52.7 Å². The Kier molecular flexibility index (Phi) is 9.15. The van der Waals surface area contributed by atoms with Crippen LogP contribution < -0.4 is 15.1 Å². The summed E-state index contributed by atoms with van der Waals surface area (Å²) in [5, 5.41) is 12.1. The summed E-state index contributed by atoms with van der Waals surface area (Å²) in [5.41, 5.74) is 6.49. The third kappa shape index (κ3) is 5.62. The van der Waals surface area contributed by atoms with Gasteiger partial charge in [-0.15, -0.1) is 0 Å². The molecule has 2 aliphatic carbocycles. The molecule has 0 bridgehead atoms. The minimum Gasteiger partial charge on any atom is -0.503 e. The smallest absolute Gasteiger partial charge is 0.260 e. The number of nitrogens with one attached hydrogen (secondary N) is 1. The van der Waals surface area contributed by atoms with Crippen LogP contribution in [-0.2, 0) is 24.6 Å². The van der Waals surface area contributed by atoms with Crippen molar-refractivity contribution >= 4 is 56.7 Å². The van der Waals surface area contributed by atoms with Crippen LogP contribution in [0.4, 0.5) is 11.4 Å². The van der Waals surface area contributed by atoms with Crippen LogP contribution in [0.15, 0.2) is 137 Å². The number of hydrogen-bond donors (Lipinski definition) is 2. The molecule has 10 nitrogen and oxygen atoms in total. The van der Waals surface area contributed by atoms with Gasteiger partial charge in [-0.2, -0.15) is 5.01 Å². The van der Waals surface area contributed by atoms with E-state index in [2.05, 4.69) is 21.4 Å². The number of amides is 4. The molecule has 0 aromatic heterocycles. The maximum Gasteiger partial charge on any atom is 0.260 e. The van der Waals surface area contributed by atoms with E-state index in [1.807, 2.05) is 61.5 Å². The minimum atomic E-state index is -1.49. The lowest BCUT2D eigenvalue weighted by Gasteiger charge is -2.50. The second-order valence-electron chi connectivity index (χ2n) is 15.4. The highest BCUT2D eigenvalue weighted by molar-refractivity contribution is 9.10. The standard InChI is InChI=1S/C47H38BrN3O7/c1-26-13-17-31(18-14-26)49-51-44(55)36-25-35-33(40(29-23-37(48)42(53)38(24-29)58-2)47(36,46(51)57)30-11-7-4-8-12-30)21-22-34-39(35)45(56)50(43(34)54)32-19-15-28(16-20-32)41(52)27-9-5-3-6-10-27/h3-21,23-24,34-36,39-40,49,53H,22,25H2,1-2H3. The maximum absolute atomic E-state index is 15.4. The second kappa shape index (κ2) is 14.2. The van der Waals surface area contributed by atoms with Gasteiger partial charge < -0.3 is 9.84 Å². The molecule has 2 saturated heterocycles. The Morgan fingerprint density at radius 3 is 2.14 bits per heavy atom. The number of allylic oxidation sites excluding steroid dienone is 2. The Bertz CT molecular complexity index is 2540. The fraction of sp³-hybridized carbons (Fsp3) is 0.213. The SMILES string of the molecule is COc1cc(C2C3=CCC4C(=O)N(c5ccc(C(=O)c6ccccc6)cc5)C(=O)C4C3CC3C(=O)N(Nc4ccc(C)cc4)C(=O)C32c2ccccc2)cc(Br)c1O. The molecule has 4 amide bonds. The maximum atomic E-state index is 15.4. The van der Waals surface area contributed by atoms with E-state index in [0.29, 0.717) is 38.1 Å². The first kappa shape index (κ1) is 37.3. The van der Waals surface area contributed by atoms with Crippen molar-refractivity contribution in [1.82, 2.24) is 5.01 Å². The lowest BCUT2D eigenvalue weighted by atomic mass is 9.49. The van der Waals surface area contributed by atoms with Gasteiger partial charge in [0.25, 0.3) is 11.8 Å². The number of imide groups is 2. The molecular formula is C47H38BrN3O7. The molecule has 5 aromatic carbocycles. The van der Waals surface area contributed by atoms with Crippen LogP contribution in [0.5, 0.6) is 11.5 Å². The zero-order chi connectivity index (χ0) is 40.5. The molecule has 0 radical (unpaired) electrons. The summed E-state index contributed by atoms with van der Waals surface area (Å²) in [6, 6.07) is 35.4. The Hall–Kier alpha value is -6.33. The predicted octanol–water partition coefficient (Wildman–Crippen LogP) is 7.89. The fourth-order valence-corrected chi connectivity index (χ4v) is 10.3. The van der Waals surface area contributed by atoms with E-state index in [9.17, 15) is 24.3 Å².